The van der Waals surface area contributed by atoms with Crippen LogP contribution in [0.2, 0.25) is 0 Å². The number of amides is 1. The zero-order chi connectivity index (χ0) is 24.5. The molecule has 0 bridgehead atoms. The Bertz CT molecular complexity index is 1550. The van der Waals surface area contributed by atoms with Gasteiger partial charge in [0.25, 0.3) is 5.91 Å². The summed E-state index contributed by atoms with van der Waals surface area (Å²) in [6.45, 7) is 0.671. The van der Waals surface area contributed by atoms with E-state index in [1.54, 1.807) is 12.1 Å². The fraction of sp³-hybridized carbons (Fsp3) is 0.0690. The second kappa shape index (κ2) is 9.36. The molecule has 0 radical (unpaired) electrons. The van der Waals surface area contributed by atoms with Crippen LogP contribution in [-0.4, -0.2) is 12.7 Å². The second-order valence-corrected chi connectivity index (χ2v) is 9.49. The van der Waals surface area contributed by atoms with Gasteiger partial charge in [-0.3, -0.25) is 4.79 Å². The Balaban J connectivity index is 1.28. The summed E-state index contributed by atoms with van der Waals surface area (Å²) in [5.41, 5.74) is 4.37. The maximum atomic E-state index is 13.3. The van der Waals surface area contributed by atoms with Crippen molar-refractivity contribution in [3.63, 3.8) is 0 Å². The molecule has 178 valence electrons. The van der Waals surface area contributed by atoms with Crippen LogP contribution >= 0.6 is 11.3 Å². The van der Waals surface area contributed by atoms with Crippen molar-refractivity contribution in [2.24, 2.45) is 0 Å². The quantitative estimate of drug-likeness (QED) is 0.259. The number of anilines is 2. The lowest BCUT2D eigenvalue weighted by atomic mass is 9.98. The number of hydrogen-bond acceptors (Lipinski definition) is 5. The van der Waals surface area contributed by atoms with Crippen LogP contribution in [0, 0.1) is 5.82 Å². The lowest BCUT2D eigenvalue weighted by Crippen LogP contribution is -2.10. The van der Waals surface area contributed by atoms with Gasteiger partial charge in [-0.15, -0.1) is 11.3 Å². The van der Waals surface area contributed by atoms with E-state index in [1.807, 2.05) is 66.7 Å². The smallest absolute Gasteiger partial charge is 0.265 e. The highest BCUT2D eigenvalue weighted by Crippen LogP contribution is 2.39. The molecular weight excluding hydrogens is 475 g/mol. The van der Waals surface area contributed by atoms with Gasteiger partial charge in [0.1, 0.15) is 5.82 Å². The highest BCUT2D eigenvalue weighted by molar-refractivity contribution is 7.20. The van der Waals surface area contributed by atoms with Crippen molar-refractivity contribution in [3.8, 4) is 22.6 Å². The summed E-state index contributed by atoms with van der Waals surface area (Å²) in [6.07, 6.45) is 0. The van der Waals surface area contributed by atoms with E-state index in [1.165, 1.54) is 23.5 Å². The second-order valence-electron chi connectivity index (χ2n) is 8.41. The summed E-state index contributed by atoms with van der Waals surface area (Å²) < 4.78 is 25.6. The fourth-order valence-electron chi connectivity index (χ4n) is 4.22. The van der Waals surface area contributed by atoms with E-state index < -0.39 is 0 Å². The zero-order valence-electron chi connectivity index (χ0n) is 19.1. The van der Waals surface area contributed by atoms with E-state index >= 15 is 0 Å². The van der Waals surface area contributed by atoms with Gasteiger partial charge in [-0.1, -0.05) is 30.3 Å². The summed E-state index contributed by atoms with van der Waals surface area (Å²) in [7, 11) is 0. The molecule has 0 spiro atoms. The Kier molecular flexibility index (Phi) is 5.75. The van der Waals surface area contributed by atoms with Crippen LogP contribution in [0.4, 0.5) is 15.8 Å². The molecule has 5 nitrogen and oxygen atoms in total. The summed E-state index contributed by atoms with van der Waals surface area (Å²) in [4.78, 5) is 13.6. The van der Waals surface area contributed by atoms with Crippen LogP contribution in [0.3, 0.4) is 0 Å². The fourth-order valence-corrected chi connectivity index (χ4v) is 5.17. The van der Waals surface area contributed by atoms with Gasteiger partial charge >= 0.3 is 0 Å². The SMILES string of the molecule is O=C(Nc1cccc(-c2cc3c(cc2CNc2ccc(F)cc2)OCO3)c1)c1cc2ccccc2s1. The van der Waals surface area contributed by atoms with Crippen molar-refractivity contribution in [3.05, 3.63) is 107 Å². The van der Waals surface area contributed by atoms with Gasteiger partial charge < -0.3 is 20.1 Å². The average Bonchev–Trinajstić information content (AvgIpc) is 3.54. The normalized spacial score (nSPS) is 12.0. The Labute approximate surface area is 211 Å². The number of rotatable bonds is 6. The third kappa shape index (κ3) is 4.48. The average molecular weight is 497 g/mol. The van der Waals surface area contributed by atoms with Crippen LogP contribution in [0.15, 0.2) is 91.0 Å². The number of halogens is 1. The number of nitrogens with one attached hydrogen (secondary N) is 2. The van der Waals surface area contributed by atoms with Gasteiger partial charge in [-0.2, -0.15) is 0 Å². The molecule has 0 aliphatic carbocycles. The Hall–Kier alpha value is -4.36. The van der Waals surface area contributed by atoms with E-state index in [-0.39, 0.29) is 18.5 Å². The van der Waals surface area contributed by atoms with E-state index in [0.29, 0.717) is 28.6 Å². The lowest BCUT2D eigenvalue weighted by Gasteiger charge is -2.14. The molecule has 36 heavy (non-hydrogen) atoms. The van der Waals surface area contributed by atoms with Gasteiger partial charge in [-0.25, -0.2) is 4.39 Å². The number of hydrogen-bond donors (Lipinski definition) is 2. The number of fused-ring (bicyclic) bond motifs is 2. The maximum absolute atomic E-state index is 13.3. The first kappa shape index (κ1) is 22.1. The highest BCUT2D eigenvalue weighted by Gasteiger charge is 2.19. The van der Waals surface area contributed by atoms with Crippen LogP contribution in [0.25, 0.3) is 21.2 Å². The number of thiophene rings is 1. The minimum Gasteiger partial charge on any atom is -0.454 e. The summed E-state index contributed by atoms with van der Waals surface area (Å²) in [5, 5.41) is 7.42. The molecule has 0 saturated heterocycles. The van der Waals surface area contributed by atoms with E-state index in [0.717, 1.165) is 32.5 Å². The molecule has 0 atom stereocenters. The molecule has 1 aliphatic heterocycles. The van der Waals surface area contributed by atoms with Crippen LogP contribution in [-0.2, 0) is 6.54 Å². The minimum absolute atomic E-state index is 0.141. The van der Waals surface area contributed by atoms with Gasteiger partial charge in [0.05, 0.1) is 4.88 Å². The van der Waals surface area contributed by atoms with Crippen molar-refractivity contribution in [1.82, 2.24) is 0 Å². The molecule has 1 amide bonds. The number of carbonyl (C=O) groups is 1. The van der Waals surface area contributed by atoms with Crippen LogP contribution in [0.5, 0.6) is 11.5 Å². The standard InChI is InChI=1S/C29H21FN2O3S/c30-21-8-10-22(11-9-21)31-16-20-13-25-26(35-17-34-25)15-24(20)18-5-3-6-23(12-18)32-29(33)28-14-19-4-1-2-7-27(19)36-28/h1-15,31H,16-17H2,(H,32,33). The van der Waals surface area contributed by atoms with E-state index in [4.69, 9.17) is 9.47 Å². The lowest BCUT2D eigenvalue weighted by molar-refractivity contribution is 0.103. The van der Waals surface area contributed by atoms with Crippen LogP contribution < -0.4 is 20.1 Å². The molecule has 2 heterocycles. The van der Waals surface area contributed by atoms with Crippen molar-refractivity contribution < 1.29 is 18.7 Å². The maximum Gasteiger partial charge on any atom is 0.265 e. The number of carbonyl (C=O) groups excluding carboxylic acids is 1. The zero-order valence-corrected chi connectivity index (χ0v) is 19.9. The molecular formula is C29H21FN2O3S. The first-order chi connectivity index (χ1) is 17.6. The summed E-state index contributed by atoms with van der Waals surface area (Å²) in [6, 6.07) is 27.8. The predicted molar refractivity (Wildman–Crippen MR) is 142 cm³/mol. The van der Waals surface area contributed by atoms with Gasteiger partial charge in [0, 0.05) is 22.6 Å². The molecule has 0 unspecified atom stereocenters. The highest BCUT2D eigenvalue weighted by atomic mass is 32.1. The Morgan fingerprint density at radius 2 is 1.67 bits per heavy atom. The van der Waals surface area contributed by atoms with Crippen molar-refractivity contribution in [1.29, 1.82) is 0 Å². The monoisotopic (exact) mass is 496 g/mol. The van der Waals surface area contributed by atoms with Crippen molar-refractivity contribution >= 4 is 38.7 Å². The molecule has 7 heteroatoms. The van der Waals surface area contributed by atoms with Crippen LogP contribution in [0.1, 0.15) is 15.2 Å². The van der Waals surface area contributed by atoms with Gasteiger partial charge in [0.2, 0.25) is 6.79 Å². The minimum atomic E-state index is -0.279. The number of benzene rings is 4. The molecule has 4 aromatic carbocycles. The molecule has 1 aromatic heterocycles. The Morgan fingerprint density at radius 1 is 0.861 bits per heavy atom. The molecule has 0 fully saturated rings. The third-order valence-corrected chi connectivity index (χ3v) is 7.12. The first-order valence-corrected chi connectivity index (χ1v) is 12.3. The molecule has 0 saturated carbocycles. The summed E-state index contributed by atoms with van der Waals surface area (Å²) >= 11 is 1.47. The molecule has 6 rings (SSSR count). The molecule has 1 aliphatic rings. The molecule has 5 aromatic rings. The first-order valence-electron chi connectivity index (χ1n) is 11.4. The number of ether oxygens (including phenoxy) is 2. The van der Waals surface area contributed by atoms with Gasteiger partial charge in [-0.05, 0) is 82.7 Å². The molecule has 2 N–H and O–H groups in total. The van der Waals surface area contributed by atoms with Gasteiger partial charge in [0.15, 0.2) is 11.5 Å². The van der Waals surface area contributed by atoms with Crippen molar-refractivity contribution in [2.75, 3.05) is 17.4 Å². The van der Waals surface area contributed by atoms with E-state index in [2.05, 4.69) is 10.6 Å². The van der Waals surface area contributed by atoms with E-state index in [9.17, 15) is 9.18 Å². The summed E-state index contributed by atoms with van der Waals surface area (Å²) in [5.74, 6) is 0.940. The topological polar surface area (TPSA) is 59.6 Å². The largest absolute Gasteiger partial charge is 0.454 e. The predicted octanol–water partition coefficient (Wildman–Crippen LogP) is 7.30. The third-order valence-electron chi connectivity index (χ3n) is 6.01. The Morgan fingerprint density at radius 3 is 2.50 bits per heavy atom. The van der Waals surface area contributed by atoms with Crippen molar-refractivity contribution in [2.45, 2.75) is 6.54 Å².